The van der Waals surface area contributed by atoms with Crippen molar-refractivity contribution in [3.05, 3.63) is 41.3 Å². The Morgan fingerprint density at radius 3 is 2.84 bits per heavy atom. The van der Waals surface area contributed by atoms with Gasteiger partial charge in [-0.2, -0.15) is 0 Å². The highest BCUT2D eigenvalue weighted by atomic mass is 16.6. The van der Waals surface area contributed by atoms with Gasteiger partial charge in [-0.15, -0.1) is 0 Å². The van der Waals surface area contributed by atoms with E-state index in [4.69, 9.17) is 14.0 Å². The van der Waals surface area contributed by atoms with E-state index in [1.807, 2.05) is 19.1 Å². The Hall–Kier alpha value is -2.09. The maximum Gasteiger partial charge on any atom is 0.161 e. The molecule has 2 N–H and O–H groups in total. The van der Waals surface area contributed by atoms with Gasteiger partial charge >= 0.3 is 0 Å². The van der Waals surface area contributed by atoms with Crippen LogP contribution in [0.2, 0.25) is 0 Å². The molecule has 2 aliphatic rings. The van der Waals surface area contributed by atoms with Crippen molar-refractivity contribution in [1.29, 1.82) is 0 Å². The van der Waals surface area contributed by atoms with Gasteiger partial charge in [-0.3, -0.25) is 5.43 Å². The van der Waals surface area contributed by atoms with E-state index in [-0.39, 0.29) is 6.04 Å². The molecule has 3 heterocycles. The summed E-state index contributed by atoms with van der Waals surface area (Å²) in [5, 5.41) is 4.08. The van der Waals surface area contributed by atoms with Crippen molar-refractivity contribution in [1.82, 2.24) is 20.9 Å². The zero-order chi connectivity index (χ0) is 17.2. The third-order valence-corrected chi connectivity index (χ3v) is 4.67. The molecule has 4 rings (SSSR count). The highest BCUT2D eigenvalue weighted by Crippen LogP contribution is 2.35. The Morgan fingerprint density at radius 2 is 2.04 bits per heavy atom. The van der Waals surface area contributed by atoms with Gasteiger partial charge in [0.05, 0.1) is 11.7 Å². The quantitative estimate of drug-likeness (QED) is 0.854. The van der Waals surface area contributed by atoms with E-state index in [0.29, 0.717) is 19.1 Å². The molecule has 0 saturated carbocycles. The Bertz CT molecular complexity index is 733. The monoisotopic (exact) mass is 344 g/mol. The van der Waals surface area contributed by atoms with Crippen molar-refractivity contribution in [2.75, 3.05) is 33.4 Å². The molecule has 7 heteroatoms. The van der Waals surface area contributed by atoms with Gasteiger partial charge in [0, 0.05) is 31.6 Å². The molecule has 2 unspecified atom stereocenters. The van der Waals surface area contributed by atoms with E-state index in [1.54, 1.807) is 0 Å². The lowest BCUT2D eigenvalue weighted by Crippen LogP contribution is -2.30. The fourth-order valence-electron chi connectivity index (χ4n) is 3.55. The second kappa shape index (κ2) is 7.03. The molecule has 0 spiro atoms. The number of aryl methyl sites for hydroxylation is 1. The van der Waals surface area contributed by atoms with Gasteiger partial charge < -0.3 is 18.9 Å². The Balaban J connectivity index is 1.43. The fraction of sp³-hybridized carbons (Fsp3) is 0.500. The number of ether oxygens (including phenoxy) is 2. The van der Waals surface area contributed by atoms with Crippen LogP contribution in [-0.2, 0) is 6.54 Å². The predicted molar refractivity (Wildman–Crippen MR) is 92.4 cm³/mol. The zero-order valence-corrected chi connectivity index (χ0v) is 14.6. The van der Waals surface area contributed by atoms with Gasteiger partial charge in [0.1, 0.15) is 19.0 Å². The lowest BCUT2D eigenvalue weighted by Gasteiger charge is -2.25. The summed E-state index contributed by atoms with van der Waals surface area (Å²) in [6.07, 6.45) is 0. The highest BCUT2D eigenvalue weighted by molar-refractivity contribution is 5.45. The number of nitrogens with one attached hydrogen (secondary N) is 2. The van der Waals surface area contributed by atoms with Crippen molar-refractivity contribution in [2.45, 2.75) is 19.5 Å². The largest absolute Gasteiger partial charge is 0.486 e. The molecular weight excluding hydrogens is 320 g/mol. The molecule has 1 aromatic heterocycles. The molecule has 2 atom stereocenters. The van der Waals surface area contributed by atoms with Crippen molar-refractivity contribution in [3.8, 4) is 11.5 Å². The molecule has 1 saturated heterocycles. The smallest absolute Gasteiger partial charge is 0.161 e. The molecule has 1 aromatic carbocycles. The summed E-state index contributed by atoms with van der Waals surface area (Å²) in [6.45, 7) is 5.79. The number of rotatable bonds is 5. The maximum atomic E-state index is 5.72. The van der Waals surface area contributed by atoms with E-state index in [0.717, 1.165) is 42.6 Å². The SMILES string of the molecule is Cc1cc(CN(C)CC2CNNC2c2ccc3c(c2)OCCO3)no1. The van der Waals surface area contributed by atoms with Crippen LogP contribution in [0.5, 0.6) is 11.5 Å². The van der Waals surface area contributed by atoms with Crippen LogP contribution in [0.4, 0.5) is 0 Å². The van der Waals surface area contributed by atoms with Gasteiger partial charge in [0.15, 0.2) is 11.5 Å². The molecular formula is C18H24N4O3. The average Bonchev–Trinajstić information content (AvgIpc) is 3.23. The normalized spacial score (nSPS) is 22.5. The molecule has 0 amide bonds. The number of aromatic nitrogens is 1. The molecule has 0 bridgehead atoms. The fourth-order valence-corrected chi connectivity index (χ4v) is 3.55. The molecule has 2 aliphatic heterocycles. The first kappa shape index (κ1) is 16.4. The van der Waals surface area contributed by atoms with E-state index >= 15 is 0 Å². The third kappa shape index (κ3) is 3.63. The summed E-state index contributed by atoms with van der Waals surface area (Å²) in [7, 11) is 2.11. The van der Waals surface area contributed by atoms with Crippen LogP contribution >= 0.6 is 0 Å². The van der Waals surface area contributed by atoms with E-state index in [9.17, 15) is 0 Å². The van der Waals surface area contributed by atoms with Gasteiger partial charge in [-0.25, -0.2) is 5.43 Å². The average molecular weight is 344 g/mol. The summed E-state index contributed by atoms with van der Waals surface area (Å²) < 4.78 is 16.5. The molecule has 1 fully saturated rings. The Morgan fingerprint density at radius 1 is 1.20 bits per heavy atom. The lowest BCUT2D eigenvalue weighted by atomic mass is 9.94. The van der Waals surface area contributed by atoms with Crippen LogP contribution in [0, 0.1) is 12.8 Å². The van der Waals surface area contributed by atoms with Gasteiger partial charge in [-0.05, 0) is 31.7 Å². The summed E-state index contributed by atoms with van der Waals surface area (Å²) >= 11 is 0. The second-order valence-corrected chi connectivity index (χ2v) is 6.79. The highest BCUT2D eigenvalue weighted by Gasteiger charge is 2.30. The van der Waals surface area contributed by atoms with Crippen LogP contribution in [0.25, 0.3) is 0 Å². The van der Waals surface area contributed by atoms with Crippen molar-refractivity contribution >= 4 is 0 Å². The minimum atomic E-state index is 0.234. The minimum Gasteiger partial charge on any atom is -0.486 e. The standard InChI is InChI=1S/C18H24N4O3/c1-12-7-15(21-25-12)11-22(2)10-14-9-19-20-18(14)13-3-4-16-17(8-13)24-6-5-23-16/h3-4,7-8,14,18-20H,5-6,9-11H2,1-2H3. The van der Waals surface area contributed by atoms with Gasteiger partial charge in [-0.1, -0.05) is 11.2 Å². The van der Waals surface area contributed by atoms with Crippen LogP contribution in [0.3, 0.4) is 0 Å². The van der Waals surface area contributed by atoms with Gasteiger partial charge in [0.2, 0.25) is 0 Å². The summed E-state index contributed by atoms with van der Waals surface area (Å²) in [6, 6.07) is 8.43. The van der Waals surface area contributed by atoms with Crippen LogP contribution in [0.15, 0.2) is 28.8 Å². The predicted octanol–water partition coefficient (Wildman–Crippen LogP) is 1.65. The van der Waals surface area contributed by atoms with Crippen LogP contribution in [0.1, 0.15) is 23.1 Å². The number of benzene rings is 1. The minimum absolute atomic E-state index is 0.234. The van der Waals surface area contributed by atoms with E-state index in [1.165, 1.54) is 5.56 Å². The van der Waals surface area contributed by atoms with Crippen molar-refractivity contribution in [3.63, 3.8) is 0 Å². The third-order valence-electron chi connectivity index (χ3n) is 4.67. The number of hydrazine groups is 1. The molecule has 7 nitrogen and oxygen atoms in total. The molecule has 0 radical (unpaired) electrons. The van der Waals surface area contributed by atoms with Crippen molar-refractivity contribution in [2.24, 2.45) is 5.92 Å². The number of nitrogens with zero attached hydrogens (tertiary/aromatic N) is 2. The lowest BCUT2D eigenvalue weighted by molar-refractivity contribution is 0.171. The number of hydrogen-bond donors (Lipinski definition) is 2. The first-order chi connectivity index (χ1) is 12.2. The summed E-state index contributed by atoms with van der Waals surface area (Å²) in [4.78, 5) is 2.28. The van der Waals surface area contributed by atoms with Crippen molar-refractivity contribution < 1.29 is 14.0 Å². The number of fused-ring (bicyclic) bond motifs is 1. The number of hydrogen-bond acceptors (Lipinski definition) is 7. The topological polar surface area (TPSA) is 71.8 Å². The first-order valence-corrected chi connectivity index (χ1v) is 8.68. The summed E-state index contributed by atoms with van der Waals surface area (Å²) in [5.74, 6) is 2.96. The van der Waals surface area contributed by atoms with E-state index in [2.05, 4.69) is 40.1 Å². The molecule has 2 aromatic rings. The molecule has 134 valence electrons. The maximum absolute atomic E-state index is 5.72. The zero-order valence-electron chi connectivity index (χ0n) is 14.6. The molecule has 25 heavy (non-hydrogen) atoms. The Labute approximate surface area is 147 Å². The van der Waals surface area contributed by atoms with E-state index < -0.39 is 0 Å². The molecule has 0 aliphatic carbocycles. The summed E-state index contributed by atoms with van der Waals surface area (Å²) in [5.41, 5.74) is 8.87. The van der Waals surface area contributed by atoms with Crippen LogP contribution < -0.4 is 20.3 Å². The Kier molecular flexibility index (Phi) is 4.61. The second-order valence-electron chi connectivity index (χ2n) is 6.79. The first-order valence-electron chi connectivity index (χ1n) is 8.68. The van der Waals surface area contributed by atoms with Gasteiger partial charge in [0.25, 0.3) is 0 Å². The van der Waals surface area contributed by atoms with Crippen LogP contribution in [-0.4, -0.2) is 43.4 Å².